The lowest BCUT2D eigenvalue weighted by Crippen LogP contribution is -2.29. The molecule has 0 amide bonds. The van der Waals surface area contributed by atoms with E-state index < -0.39 is 0 Å². The van der Waals surface area contributed by atoms with Crippen LogP contribution in [0.25, 0.3) is 0 Å². The second-order valence-electron chi connectivity index (χ2n) is 5.16. The Morgan fingerprint density at radius 3 is 2.74 bits per heavy atom. The van der Waals surface area contributed by atoms with Crippen molar-refractivity contribution in [2.24, 2.45) is 5.92 Å². The summed E-state index contributed by atoms with van der Waals surface area (Å²) >= 11 is 0. The van der Waals surface area contributed by atoms with Crippen molar-refractivity contribution in [3.8, 4) is 0 Å². The number of likely N-dealkylation sites (tertiary alicyclic amines) is 1. The van der Waals surface area contributed by atoms with Crippen molar-refractivity contribution in [1.82, 2.24) is 4.90 Å². The van der Waals surface area contributed by atoms with Crippen LogP contribution < -0.4 is 0 Å². The molecule has 1 aromatic carbocycles. The monoisotopic (exact) mass is 261 g/mol. The Morgan fingerprint density at radius 2 is 2.11 bits per heavy atom. The molecule has 1 aliphatic heterocycles. The van der Waals surface area contributed by atoms with Crippen molar-refractivity contribution in [2.75, 3.05) is 20.2 Å². The van der Waals surface area contributed by atoms with E-state index in [1.54, 1.807) is 0 Å². The van der Waals surface area contributed by atoms with E-state index in [-0.39, 0.29) is 17.9 Å². The lowest BCUT2D eigenvalue weighted by atomic mass is 9.93. The van der Waals surface area contributed by atoms with Crippen LogP contribution in [0.1, 0.15) is 37.8 Å². The zero-order chi connectivity index (χ0) is 13.7. The van der Waals surface area contributed by atoms with E-state index in [1.807, 2.05) is 18.2 Å². The molecule has 0 aliphatic carbocycles. The molecule has 0 unspecified atom stereocenters. The van der Waals surface area contributed by atoms with Gasteiger partial charge in [0.2, 0.25) is 0 Å². The third-order valence-corrected chi connectivity index (χ3v) is 3.95. The second kappa shape index (κ2) is 6.71. The van der Waals surface area contributed by atoms with Crippen molar-refractivity contribution < 1.29 is 9.53 Å². The number of nitrogens with zero attached hydrogens (tertiary/aromatic N) is 1. The topological polar surface area (TPSA) is 29.5 Å². The molecule has 3 heteroatoms. The van der Waals surface area contributed by atoms with Gasteiger partial charge in [-0.1, -0.05) is 43.7 Å². The second-order valence-corrected chi connectivity index (χ2v) is 5.16. The van der Waals surface area contributed by atoms with Crippen LogP contribution in [0, 0.1) is 5.92 Å². The fraction of sp³-hybridized carbons (Fsp3) is 0.562. The van der Waals surface area contributed by atoms with E-state index in [2.05, 4.69) is 24.0 Å². The first-order valence-electron chi connectivity index (χ1n) is 7.14. The van der Waals surface area contributed by atoms with Gasteiger partial charge in [-0.2, -0.15) is 0 Å². The summed E-state index contributed by atoms with van der Waals surface area (Å²) in [4.78, 5) is 14.4. The normalized spacial score (nSPS) is 23.5. The van der Waals surface area contributed by atoms with Gasteiger partial charge < -0.3 is 4.74 Å². The molecule has 0 radical (unpaired) electrons. The Morgan fingerprint density at radius 1 is 1.37 bits per heavy atom. The van der Waals surface area contributed by atoms with Crippen molar-refractivity contribution in [1.29, 1.82) is 0 Å². The molecule has 0 saturated carbocycles. The third kappa shape index (κ3) is 3.16. The molecular weight excluding hydrogens is 238 g/mol. The molecule has 3 nitrogen and oxygen atoms in total. The lowest BCUT2D eigenvalue weighted by Gasteiger charge is -2.27. The van der Waals surface area contributed by atoms with Gasteiger partial charge in [0.25, 0.3) is 0 Å². The van der Waals surface area contributed by atoms with Gasteiger partial charge >= 0.3 is 5.97 Å². The van der Waals surface area contributed by atoms with E-state index in [9.17, 15) is 4.79 Å². The van der Waals surface area contributed by atoms with Crippen LogP contribution in [0.5, 0.6) is 0 Å². The zero-order valence-electron chi connectivity index (χ0n) is 11.8. The Labute approximate surface area is 115 Å². The fourth-order valence-electron chi connectivity index (χ4n) is 2.96. The van der Waals surface area contributed by atoms with Gasteiger partial charge in [-0.15, -0.1) is 0 Å². The summed E-state index contributed by atoms with van der Waals surface area (Å²) in [7, 11) is 1.49. The first kappa shape index (κ1) is 14.1. The molecule has 0 bridgehead atoms. The molecule has 0 N–H and O–H groups in total. The Hall–Kier alpha value is -1.35. The van der Waals surface area contributed by atoms with Gasteiger partial charge in [0.1, 0.15) is 0 Å². The maximum Gasteiger partial charge on any atom is 0.310 e. The minimum Gasteiger partial charge on any atom is -0.469 e. The number of ether oxygens (including phenoxy) is 1. The van der Waals surface area contributed by atoms with Crippen LogP contribution in [0.3, 0.4) is 0 Å². The van der Waals surface area contributed by atoms with Crippen LogP contribution in [-0.2, 0) is 9.53 Å². The minimum atomic E-state index is -0.0761. The number of esters is 1. The minimum absolute atomic E-state index is 0.0238. The van der Waals surface area contributed by atoms with Gasteiger partial charge in [0, 0.05) is 6.04 Å². The molecule has 0 spiro atoms. The molecule has 1 aromatic rings. The summed E-state index contributed by atoms with van der Waals surface area (Å²) in [5.41, 5.74) is 1.23. The summed E-state index contributed by atoms with van der Waals surface area (Å²) in [6.45, 7) is 4.24. The summed E-state index contributed by atoms with van der Waals surface area (Å²) in [5.74, 6) is -0.0999. The number of benzene rings is 1. The molecule has 1 saturated heterocycles. The third-order valence-electron chi connectivity index (χ3n) is 3.95. The van der Waals surface area contributed by atoms with Gasteiger partial charge in [-0.05, 0) is 31.5 Å². The van der Waals surface area contributed by atoms with Crippen molar-refractivity contribution in [3.63, 3.8) is 0 Å². The number of rotatable bonds is 5. The van der Waals surface area contributed by atoms with Crippen LogP contribution in [-0.4, -0.2) is 31.1 Å². The quantitative estimate of drug-likeness (QED) is 0.763. The first-order chi connectivity index (χ1) is 9.27. The van der Waals surface area contributed by atoms with Gasteiger partial charge in [0.05, 0.1) is 13.0 Å². The maximum atomic E-state index is 12.0. The lowest BCUT2D eigenvalue weighted by molar-refractivity contribution is -0.146. The van der Waals surface area contributed by atoms with Gasteiger partial charge in [-0.25, -0.2) is 0 Å². The zero-order valence-corrected chi connectivity index (χ0v) is 11.8. The molecule has 1 aliphatic rings. The van der Waals surface area contributed by atoms with E-state index >= 15 is 0 Å². The number of unbranched alkanes of at least 4 members (excludes halogenated alkanes) is 1. The van der Waals surface area contributed by atoms with Crippen LogP contribution >= 0.6 is 0 Å². The highest BCUT2D eigenvalue weighted by atomic mass is 16.5. The van der Waals surface area contributed by atoms with E-state index in [0.29, 0.717) is 0 Å². The number of hydrogen-bond donors (Lipinski definition) is 0. The largest absolute Gasteiger partial charge is 0.469 e. The predicted molar refractivity (Wildman–Crippen MR) is 75.8 cm³/mol. The molecular formula is C16H23NO2. The Kier molecular flexibility index (Phi) is 4.97. The smallest absolute Gasteiger partial charge is 0.310 e. The molecule has 19 heavy (non-hydrogen) atoms. The molecule has 2 rings (SSSR count). The van der Waals surface area contributed by atoms with E-state index in [4.69, 9.17) is 4.74 Å². The fourth-order valence-corrected chi connectivity index (χ4v) is 2.96. The number of methoxy groups -OCH3 is 1. The molecule has 1 fully saturated rings. The highest BCUT2D eigenvalue weighted by Crippen LogP contribution is 2.37. The summed E-state index contributed by atoms with van der Waals surface area (Å²) < 4.78 is 4.97. The Bertz CT molecular complexity index is 404. The molecule has 1 heterocycles. The van der Waals surface area contributed by atoms with Gasteiger partial charge in [0.15, 0.2) is 0 Å². The predicted octanol–water partition coefficient (Wildman–Crippen LogP) is 3.02. The standard InChI is InChI=1S/C16H23NO2/c1-3-4-11-17-12-10-14(16(18)19-2)15(17)13-8-6-5-7-9-13/h5-9,14-15H,3-4,10-12H2,1-2H3/t14-,15+/m1/s1. The highest BCUT2D eigenvalue weighted by Gasteiger charge is 2.39. The van der Waals surface area contributed by atoms with Crippen molar-refractivity contribution >= 4 is 5.97 Å². The number of hydrogen-bond acceptors (Lipinski definition) is 3. The van der Waals surface area contributed by atoms with Crippen LogP contribution in [0.4, 0.5) is 0 Å². The molecule has 2 atom stereocenters. The highest BCUT2D eigenvalue weighted by molar-refractivity contribution is 5.74. The van der Waals surface area contributed by atoms with Crippen LogP contribution in [0.15, 0.2) is 30.3 Å². The number of carbonyl (C=O) groups excluding carboxylic acids is 1. The summed E-state index contributed by atoms with van der Waals surface area (Å²) in [6.07, 6.45) is 3.26. The first-order valence-corrected chi connectivity index (χ1v) is 7.14. The molecule has 104 valence electrons. The average molecular weight is 261 g/mol. The SMILES string of the molecule is CCCCN1CC[C@@H](C(=O)OC)[C@@H]1c1ccccc1. The van der Waals surface area contributed by atoms with Gasteiger partial charge in [-0.3, -0.25) is 9.69 Å². The van der Waals surface area contributed by atoms with E-state index in [1.165, 1.54) is 25.5 Å². The summed E-state index contributed by atoms with van der Waals surface area (Å²) in [5, 5.41) is 0. The van der Waals surface area contributed by atoms with Crippen molar-refractivity contribution in [3.05, 3.63) is 35.9 Å². The average Bonchev–Trinajstić information content (AvgIpc) is 2.89. The molecule has 0 aromatic heterocycles. The summed E-state index contributed by atoms with van der Waals surface area (Å²) in [6, 6.07) is 10.5. The van der Waals surface area contributed by atoms with E-state index in [0.717, 1.165) is 19.5 Å². The maximum absolute atomic E-state index is 12.0. The Balaban J connectivity index is 2.20. The number of carbonyl (C=O) groups is 1. The van der Waals surface area contributed by atoms with Crippen molar-refractivity contribution in [2.45, 2.75) is 32.2 Å². The van der Waals surface area contributed by atoms with Crippen LogP contribution in [0.2, 0.25) is 0 Å².